The topological polar surface area (TPSA) is 104 Å². The molecule has 0 aromatic heterocycles. The first-order valence-corrected chi connectivity index (χ1v) is 6.52. The highest BCUT2D eigenvalue weighted by atomic mass is 16.4. The maximum Gasteiger partial charge on any atom is 0.335 e. The standard InChI is InChI=1S/C14H17N3O4/c1-16(8-12(15)18)14(21)17-5-4-9-2-3-10(13(19)20)6-11(9)7-17/h2-3,6H,4-5,7-8H2,1H3,(H2,15,18)(H,19,20). The highest BCUT2D eigenvalue weighted by molar-refractivity contribution is 5.88. The fraction of sp³-hybridized carbons (Fsp3) is 0.357. The van der Waals surface area contributed by atoms with Crippen LogP contribution in [-0.2, 0) is 17.8 Å². The van der Waals surface area contributed by atoms with E-state index >= 15 is 0 Å². The number of likely N-dealkylation sites (N-methyl/N-ethyl adjacent to an activating group) is 1. The SMILES string of the molecule is CN(CC(N)=O)C(=O)N1CCc2ccc(C(=O)O)cc2C1. The molecule has 0 spiro atoms. The lowest BCUT2D eigenvalue weighted by molar-refractivity contribution is -0.118. The first kappa shape index (κ1) is 14.8. The number of carbonyl (C=O) groups excluding carboxylic acids is 2. The molecule has 0 fully saturated rings. The molecule has 0 unspecified atom stereocenters. The second-order valence-electron chi connectivity index (χ2n) is 5.07. The van der Waals surface area contributed by atoms with E-state index in [-0.39, 0.29) is 18.1 Å². The van der Waals surface area contributed by atoms with Gasteiger partial charge in [0.25, 0.3) is 0 Å². The molecule has 7 nitrogen and oxygen atoms in total. The van der Waals surface area contributed by atoms with E-state index in [2.05, 4.69) is 0 Å². The molecule has 0 saturated heterocycles. The highest BCUT2D eigenvalue weighted by Gasteiger charge is 2.24. The Morgan fingerprint density at radius 2 is 2.05 bits per heavy atom. The molecule has 0 atom stereocenters. The molecule has 21 heavy (non-hydrogen) atoms. The Morgan fingerprint density at radius 1 is 1.33 bits per heavy atom. The smallest absolute Gasteiger partial charge is 0.335 e. The van der Waals surface area contributed by atoms with Crippen molar-refractivity contribution in [1.82, 2.24) is 9.80 Å². The number of carboxylic acids is 1. The molecule has 0 saturated carbocycles. The van der Waals surface area contributed by atoms with Gasteiger partial charge in [-0.3, -0.25) is 4.79 Å². The fourth-order valence-corrected chi connectivity index (χ4v) is 2.40. The van der Waals surface area contributed by atoms with Gasteiger partial charge in [-0.1, -0.05) is 6.07 Å². The van der Waals surface area contributed by atoms with E-state index in [1.165, 1.54) is 11.9 Å². The average molecular weight is 291 g/mol. The predicted molar refractivity (Wildman–Crippen MR) is 74.7 cm³/mol. The minimum atomic E-state index is -0.993. The van der Waals surface area contributed by atoms with Gasteiger partial charge in [0.15, 0.2) is 0 Å². The number of hydrogen-bond acceptors (Lipinski definition) is 3. The molecule has 0 radical (unpaired) electrons. The van der Waals surface area contributed by atoms with Crippen molar-refractivity contribution in [3.05, 3.63) is 34.9 Å². The number of urea groups is 1. The van der Waals surface area contributed by atoms with Crippen LogP contribution in [0.3, 0.4) is 0 Å². The summed E-state index contributed by atoms with van der Waals surface area (Å²) in [6.07, 6.45) is 0.658. The number of primary amides is 1. The van der Waals surface area contributed by atoms with Gasteiger partial charge in [0.2, 0.25) is 5.91 Å². The summed E-state index contributed by atoms with van der Waals surface area (Å²) >= 11 is 0. The Hall–Kier alpha value is -2.57. The fourth-order valence-electron chi connectivity index (χ4n) is 2.40. The van der Waals surface area contributed by atoms with Gasteiger partial charge in [0, 0.05) is 20.1 Å². The number of fused-ring (bicyclic) bond motifs is 1. The molecule has 2 rings (SSSR count). The monoisotopic (exact) mass is 291 g/mol. The molecule has 1 aliphatic rings. The molecule has 1 heterocycles. The Kier molecular flexibility index (Phi) is 4.11. The first-order chi connectivity index (χ1) is 9.88. The molecule has 112 valence electrons. The summed E-state index contributed by atoms with van der Waals surface area (Å²) in [6.45, 7) is 0.719. The van der Waals surface area contributed by atoms with Crippen molar-refractivity contribution in [2.24, 2.45) is 5.73 Å². The number of rotatable bonds is 3. The third-order valence-electron chi connectivity index (χ3n) is 3.46. The van der Waals surface area contributed by atoms with Gasteiger partial charge in [0.05, 0.1) is 5.56 Å². The van der Waals surface area contributed by atoms with Crippen LogP contribution in [0.1, 0.15) is 21.5 Å². The molecule has 1 aliphatic heterocycles. The van der Waals surface area contributed by atoms with Gasteiger partial charge < -0.3 is 20.6 Å². The maximum atomic E-state index is 12.2. The van der Waals surface area contributed by atoms with Crippen molar-refractivity contribution in [2.45, 2.75) is 13.0 Å². The lowest BCUT2D eigenvalue weighted by Gasteiger charge is -2.32. The summed E-state index contributed by atoms with van der Waals surface area (Å²) in [6, 6.07) is 4.65. The summed E-state index contributed by atoms with van der Waals surface area (Å²) in [5.41, 5.74) is 7.14. The van der Waals surface area contributed by atoms with E-state index in [9.17, 15) is 14.4 Å². The summed E-state index contributed by atoms with van der Waals surface area (Å²) in [5.74, 6) is -1.57. The third kappa shape index (κ3) is 3.31. The number of aromatic carboxylic acids is 1. The number of carbonyl (C=O) groups is 3. The Morgan fingerprint density at radius 3 is 2.67 bits per heavy atom. The van der Waals surface area contributed by atoms with Crippen LogP contribution in [0.4, 0.5) is 4.79 Å². The van der Waals surface area contributed by atoms with Crippen molar-refractivity contribution in [2.75, 3.05) is 20.1 Å². The van der Waals surface area contributed by atoms with Gasteiger partial charge in [-0.15, -0.1) is 0 Å². The van der Waals surface area contributed by atoms with Crippen LogP contribution in [0.5, 0.6) is 0 Å². The van der Waals surface area contributed by atoms with Crippen LogP contribution < -0.4 is 5.73 Å². The number of nitrogens with two attached hydrogens (primary N) is 1. The van der Waals surface area contributed by atoms with E-state index < -0.39 is 11.9 Å². The normalized spacial score (nSPS) is 13.5. The number of hydrogen-bond donors (Lipinski definition) is 2. The van der Waals surface area contributed by atoms with E-state index in [1.807, 2.05) is 0 Å². The van der Waals surface area contributed by atoms with Crippen LogP contribution in [0.2, 0.25) is 0 Å². The van der Waals surface area contributed by atoms with Gasteiger partial charge in [-0.05, 0) is 29.7 Å². The Labute approximate surface area is 121 Å². The third-order valence-corrected chi connectivity index (χ3v) is 3.46. The van der Waals surface area contributed by atoms with Crippen LogP contribution >= 0.6 is 0 Å². The first-order valence-electron chi connectivity index (χ1n) is 6.52. The van der Waals surface area contributed by atoms with Crippen molar-refractivity contribution in [3.8, 4) is 0 Å². The van der Waals surface area contributed by atoms with E-state index in [1.54, 1.807) is 23.1 Å². The lowest BCUT2D eigenvalue weighted by Crippen LogP contribution is -2.46. The van der Waals surface area contributed by atoms with E-state index in [4.69, 9.17) is 10.8 Å². The largest absolute Gasteiger partial charge is 0.478 e. The molecule has 1 aromatic carbocycles. The molecule has 0 bridgehead atoms. The quantitative estimate of drug-likeness (QED) is 0.834. The maximum absolute atomic E-state index is 12.2. The zero-order valence-corrected chi connectivity index (χ0v) is 11.7. The molecule has 3 amide bonds. The summed E-state index contributed by atoms with van der Waals surface area (Å²) < 4.78 is 0. The van der Waals surface area contributed by atoms with Gasteiger partial charge >= 0.3 is 12.0 Å². The van der Waals surface area contributed by atoms with Crippen molar-refractivity contribution in [3.63, 3.8) is 0 Å². The number of carboxylic acid groups (broad SMARTS) is 1. The Balaban J connectivity index is 2.14. The second kappa shape index (κ2) is 5.82. The zero-order chi connectivity index (χ0) is 15.6. The molecular weight excluding hydrogens is 274 g/mol. The minimum Gasteiger partial charge on any atom is -0.478 e. The number of benzene rings is 1. The predicted octanol–water partition coefficient (Wildman–Crippen LogP) is 0.280. The average Bonchev–Trinajstić information content (AvgIpc) is 2.44. The van der Waals surface area contributed by atoms with Crippen LogP contribution in [-0.4, -0.2) is 53.0 Å². The molecule has 1 aromatic rings. The van der Waals surface area contributed by atoms with Gasteiger partial charge in [0.1, 0.15) is 6.54 Å². The summed E-state index contributed by atoms with van der Waals surface area (Å²) in [5, 5.41) is 9.01. The Bertz CT molecular complexity index is 600. The molecule has 7 heteroatoms. The van der Waals surface area contributed by atoms with Crippen molar-refractivity contribution >= 4 is 17.9 Å². The zero-order valence-electron chi connectivity index (χ0n) is 11.7. The van der Waals surface area contributed by atoms with Crippen LogP contribution in [0.15, 0.2) is 18.2 Å². The molecular formula is C14H17N3O4. The molecule has 0 aliphatic carbocycles. The van der Waals surface area contributed by atoms with Crippen LogP contribution in [0, 0.1) is 0 Å². The summed E-state index contributed by atoms with van der Waals surface area (Å²) in [4.78, 5) is 36.9. The van der Waals surface area contributed by atoms with E-state index in [0.717, 1.165) is 11.1 Å². The lowest BCUT2D eigenvalue weighted by atomic mass is 9.97. The highest BCUT2D eigenvalue weighted by Crippen LogP contribution is 2.21. The van der Waals surface area contributed by atoms with Crippen LogP contribution in [0.25, 0.3) is 0 Å². The molecule has 3 N–H and O–H groups in total. The van der Waals surface area contributed by atoms with E-state index in [0.29, 0.717) is 19.5 Å². The van der Waals surface area contributed by atoms with Gasteiger partial charge in [-0.2, -0.15) is 0 Å². The van der Waals surface area contributed by atoms with Gasteiger partial charge in [-0.25, -0.2) is 9.59 Å². The van der Waals surface area contributed by atoms with Crippen molar-refractivity contribution in [1.29, 1.82) is 0 Å². The van der Waals surface area contributed by atoms with Crippen molar-refractivity contribution < 1.29 is 19.5 Å². The summed E-state index contributed by atoms with van der Waals surface area (Å²) in [7, 11) is 1.51. The second-order valence-corrected chi connectivity index (χ2v) is 5.07. The number of amides is 3. The number of nitrogens with zero attached hydrogens (tertiary/aromatic N) is 2. The minimum absolute atomic E-state index is 0.142.